The average Bonchev–Trinajstić information content (AvgIpc) is 2.90. The van der Waals surface area contributed by atoms with Gasteiger partial charge in [-0.15, -0.1) is 0 Å². The van der Waals surface area contributed by atoms with E-state index in [0.29, 0.717) is 35.8 Å². The van der Waals surface area contributed by atoms with E-state index in [9.17, 15) is 9.59 Å². The van der Waals surface area contributed by atoms with E-state index < -0.39 is 11.6 Å². The van der Waals surface area contributed by atoms with Gasteiger partial charge in [-0.2, -0.15) is 0 Å². The van der Waals surface area contributed by atoms with Crippen LogP contribution in [0.15, 0.2) is 48.5 Å². The molecular weight excluding hydrogens is 476 g/mol. The predicted molar refractivity (Wildman–Crippen MR) is 152 cm³/mol. The van der Waals surface area contributed by atoms with Crippen molar-refractivity contribution in [3.8, 4) is 11.5 Å². The normalized spacial score (nSPS) is 18.0. The van der Waals surface area contributed by atoms with E-state index in [1.54, 1.807) is 36.4 Å². The molecule has 0 spiro atoms. The molecule has 6 heteroatoms. The van der Waals surface area contributed by atoms with Gasteiger partial charge in [0.15, 0.2) is 0 Å². The minimum Gasteiger partial charge on any atom is -0.491 e. The molecule has 0 saturated carbocycles. The van der Waals surface area contributed by atoms with Crippen LogP contribution < -0.4 is 9.47 Å². The highest BCUT2D eigenvalue weighted by molar-refractivity contribution is 6.50. The SMILES string of the molecule is O=C(C(=O)c1ccccc1OCCN1CCCCCCC1)c1ccccc1OCCN1CCCCCCC1. The highest BCUT2D eigenvalue weighted by Gasteiger charge is 2.25. The third kappa shape index (κ3) is 8.67. The second-order valence-corrected chi connectivity index (χ2v) is 10.6. The first kappa shape index (κ1) is 28.3. The molecule has 2 saturated heterocycles. The van der Waals surface area contributed by atoms with Crippen LogP contribution in [0.4, 0.5) is 0 Å². The van der Waals surface area contributed by atoms with Gasteiger partial charge in [-0.1, -0.05) is 62.8 Å². The zero-order valence-corrected chi connectivity index (χ0v) is 22.9. The molecule has 0 N–H and O–H groups in total. The largest absolute Gasteiger partial charge is 0.491 e. The Morgan fingerprint density at radius 2 is 0.868 bits per heavy atom. The fourth-order valence-electron chi connectivity index (χ4n) is 5.45. The molecule has 2 aromatic carbocycles. The van der Waals surface area contributed by atoms with Gasteiger partial charge in [0, 0.05) is 13.1 Å². The lowest BCUT2D eigenvalue weighted by atomic mass is 10.00. The number of ketones is 2. The number of Topliss-reactive ketones (excluding diaryl/α,β-unsaturated/α-hetero) is 2. The van der Waals surface area contributed by atoms with Crippen molar-refractivity contribution in [3.05, 3.63) is 59.7 Å². The molecule has 2 aromatic rings. The van der Waals surface area contributed by atoms with E-state index in [0.717, 1.165) is 39.3 Å². The number of rotatable bonds is 11. The molecule has 0 bridgehead atoms. The first-order valence-electron chi connectivity index (χ1n) is 14.7. The van der Waals surface area contributed by atoms with Crippen LogP contribution in [-0.2, 0) is 0 Å². The third-order valence-corrected chi connectivity index (χ3v) is 7.70. The lowest BCUT2D eigenvalue weighted by molar-refractivity contribution is 0.0811. The summed E-state index contributed by atoms with van der Waals surface area (Å²) in [6, 6.07) is 14.1. The van der Waals surface area contributed by atoms with E-state index in [-0.39, 0.29) is 0 Å². The lowest BCUT2D eigenvalue weighted by Crippen LogP contribution is -2.31. The number of para-hydroxylation sites is 2. The number of hydrogen-bond acceptors (Lipinski definition) is 6. The maximum Gasteiger partial charge on any atom is 0.237 e. The molecule has 6 nitrogen and oxygen atoms in total. The molecule has 0 aliphatic carbocycles. The van der Waals surface area contributed by atoms with Crippen LogP contribution >= 0.6 is 0 Å². The molecule has 0 aromatic heterocycles. The highest BCUT2D eigenvalue weighted by Crippen LogP contribution is 2.24. The standard InChI is InChI=1S/C32H44N2O4/c35-31(27-15-7-9-17-29(27)37-25-23-33-19-11-3-1-4-12-20-33)32(36)28-16-8-10-18-30(28)38-26-24-34-21-13-5-2-6-14-22-34/h7-10,15-18H,1-6,11-14,19-26H2. The number of carbonyl (C=O) groups excluding carboxylic acids is 2. The summed E-state index contributed by atoms with van der Waals surface area (Å²) in [6.07, 6.45) is 12.7. The molecule has 2 heterocycles. The van der Waals surface area contributed by atoms with Gasteiger partial charge >= 0.3 is 0 Å². The van der Waals surface area contributed by atoms with Crippen molar-refractivity contribution in [2.45, 2.75) is 64.2 Å². The number of benzene rings is 2. The van der Waals surface area contributed by atoms with Crippen molar-refractivity contribution >= 4 is 11.6 Å². The maximum atomic E-state index is 13.4. The first-order valence-corrected chi connectivity index (χ1v) is 14.7. The van der Waals surface area contributed by atoms with E-state index in [1.807, 2.05) is 12.1 Å². The van der Waals surface area contributed by atoms with Gasteiger partial charge in [-0.3, -0.25) is 19.4 Å². The number of nitrogens with zero attached hydrogens (tertiary/aromatic N) is 2. The van der Waals surface area contributed by atoms with Gasteiger partial charge in [-0.25, -0.2) is 0 Å². The fraction of sp³-hybridized carbons (Fsp3) is 0.562. The van der Waals surface area contributed by atoms with Gasteiger partial charge in [0.05, 0.1) is 11.1 Å². The lowest BCUT2D eigenvalue weighted by Gasteiger charge is -2.24. The van der Waals surface area contributed by atoms with Crippen molar-refractivity contribution in [1.29, 1.82) is 0 Å². The number of ether oxygens (including phenoxy) is 2. The molecule has 38 heavy (non-hydrogen) atoms. The second-order valence-electron chi connectivity index (χ2n) is 10.6. The van der Waals surface area contributed by atoms with Gasteiger partial charge in [-0.05, 0) is 76.1 Å². The quantitative estimate of drug-likeness (QED) is 0.266. The van der Waals surface area contributed by atoms with Crippen LogP contribution in [0, 0.1) is 0 Å². The summed E-state index contributed by atoms with van der Waals surface area (Å²) in [6.45, 7) is 7.01. The van der Waals surface area contributed by atoms with Crippen molar-refractivity contribution in [2.24, 2.45) is 0 Å². The van der Waals surface area contributed by atoms with Crippen LogP contribution in [0.2, 0.25) is 0 Å². The van der Waals surface area contributed by atoms with E-state index >= 15 is 0 Å². The third-order valence-electron chi connectivity index (χ3n) is 7.70. The monoisotopic (exact) mass is 520 g/mol. The van der Waals surface area contributed by atoms with E-state index in [4.69, 9.17) is 9.47 Å². The summed E-state index contributed by atoms with van der Waals surface area (Å²) < 4.78 is 12.1. The van der Waals surface area contributed by atoms with Crippen molar-refractivity contribution < 1.29 is 19.1 Å². The minimum atomic E-state index is -0.563. The molecule has 0 radical (unpaired) electrons. The summed E-state index contributed by atoms with van der Waals surface area (Å²) in [7, 11) is 0. The molecule has 0 unspecified atom stereocenters. The van der Waals surface area contributed by atoms with Crippen LogP contribution in [-0.4, -0.2) is 73.8 Å². The molecule has 2 fully saturated rings. The van der Waals surface area contributed by atoms with Gasteiger partial charge in [0.2, 0.25) is 11.6 Å². The minimum absolute atomic E-state index is 0.306. The fourth-order valence-corrected chi connectivity index (χ4v) is 5.45. The van der Waals surface area contributed by atoms with Crippen molar-refractivity contribution in [3.63, 3.8) is 0 Å². The number of likely N-dealkylation sites (tertiary alicyclic amines) is 2. The van der Waals surface area contributed by atoms with Crippen LogP contribution in [0.25, 0.3) is 0 Å². The summed E-state index contributed by atoms with van der Waals surface area (Å²) in [4.78, 5) is 31.6. The molecule has 4 rings (SSSR count). The molecule has 0 atom stereocenters. The Hall–Kier alpha value is -2.70. The number of carbonyl (C=O) groups is 2. The van der Waals surface area contributed by atoms with E-state index in [2.05, 4.69) is 9.80 Å². The van der Waals surface area contributed by atoms with Gasteiger partial charge in [0.25, 0.3) is 0 Å². The Morgan fingerprint density at radius 1 is 0.526 bits per heavy atom. The summed E-state index contributed by atoms with van der Waals surface area (Å²) in [5.41, 5.74) is 0.612. The van der Waals surface area contributed by atoms with Gasteiger partial charge in [0.1, 0.15) is 24.7 Å². The Labute approximate surface area is 228 Å². The molecule has 2 aliphatic rings. The summed E-state index contributed by atoms with van der Waals surface area (Å²) >= 11 is 0. The second kappa shape index (κ2) is 15.6. The summed E-state index contributed by atoms with van der Waals surface area (Å²) in [5.74, 6) is -0.194. The molecule has 206 valence electrons. The number of hydrogen-bond donors (Lipinski definition) is 0. The van der Waals surface area contributed by atoms with Crippen LogP contribution in [0.1, 0.15) is 84.9 Å². The average molecular weight is 521 g/mol. The van der Waals surface area contributed by atoms with Crippen molar-refractivity contribution in [2.75, 3.05) is 52.5 Å². The first-order chi connectivity index (χ1) is 18.7. The van der Waals surface area contributed by atoms with Crippen LogP contribution in [0.3, 0.4) is 0 Å². The Bertz CT molecular complexity index is 927. The Morgan fingerprint density at radius 3 is 1.26 bits per heavy atom. The summed E-state index contributed by atoms with van der Waals surface area (Å²) in [5, 5.41) is 0. The van der Waals surface area contributed by atoms with Gasteiger partial charge < -0.3 is 9.47 Å². The molecular formula is C32H44N2O4. The Balaban J connectivity index is 1.35. The maximum absolute atomic E-state index is 13.4. The highest BCUT2D eigenvalue weighted by atomic mass is 16.5. The van der Waals surface area contributed by atoms with Crippen molar-refractivity contribution in [1.82, 2.24) is 9.80 Å². The Kier molecular flexibility index (Phi) is 11.7. The molecule has 0 amide bonds. The topological polar surface area (TPSA) is 59.1 Å². The zero-order valence-electron chi connectivity index (χ0n) is 22.9. The van der Waals surface area contributed by atoms with Crippen LogP contribution in [0.5, 0.6) is 11.5 Å². The predicted octanol–water partition coefficient (Wildman–Crippen LogP) is 6.04. The molecule has 2 aliphatic heterocycles. The van der Waals surface area contributed by atoms with E-state index in [1.165, 1.54) is 64.2 Å². The zero-order chi connectivity index (χ0) is 26.4. The smallest absolute Gasteiger partial charge is 0.237 e.